The lowest BCUT2D eigenvalue weighted by molar-refractivity contribution is -0.0161. The molecule has 5 nitrogen and oxygen atoms in total. The van der Waals surface area contributed by atoms with Crippen molar-refractivity contribution in [1.29, 1.82) is 0 Å². The Morgan fingerprint density at radius 1 is 1.33 bits per heavy atom. The van der Waals surface area contributed by atoms with Crippen molar-refractivity contribution in [3.8, 4) is 0 Å². The van der Waals surface area contributed by atoms with Crippen LogP contribution in [0.25, 0.3) is 0 Å². The summed E-state index contributed by atoms with van der Waals surface area (Å²) in [4.78, 5) is 1.99. The highest BCUT2D eigenvalue weighted by Gasteiger charge is 2.34. The van der Waals surface area contributed by atoms with Gasteiger partial charge in [-0.05, 0) is 12.8 Å². The number of ether oxygens (including phenoxy) is 1. The minimum Gasteiger partial charge on any atom is -0.371 e. The molecular weight excluding hydrogens is 156 g/mol. The third-order valence-corrected chi connectivity index (χ3v) is 2.50. The molecule has 2 aliphatic rings. The number of nitrogens with zero attached hydrogens (tertiary/aromatic N) is 2. The molecule has 2 atom stereocenters. The second-order valence-electron chi connectivity index (χ2n) is 3.35. The van der Waals surface area contributed by atoms with E-state index in [4.69, 9.17) is 16.3 Å². The van der Waals surface area contributed by atoms with Gasteiger partial charge in [-0.3, -0.25) is 0 Å². The van der Waals surface area contributed by atoms with Gasteiger partial charge in [0.05, 0.1) is 12.2 Å². The summed E-state index contributed by atoms with van der Waals surface area (Å²) >= 11 is 0. The average molecular weight is 170 g/mol. The lowest BCUT2D eigenvalue weighted by atomic mass is 10.2. The highest BCUT2D eigenvalue weighted by Crippen LogP contribution is 2.25. The number of morpholine rings is 1. The number of nitrogens with two attached hydrogens (primary N) is 2. The van der Waals surface area contributed by atoms with Gasteiger partial charge >= 0.3 is 0 Å². The maximum absolute atomic E-state index is 5.63. The minimum absolute atomic E-state index is 0.337. The zero-order valence-electron chi connectivity index (χ0n) is 6.94. The number of hydrogen-bond donors (Lipinski definition) is 2. The molecule has 0 aromatic heterocycles. The van der Waals surface area contributed by atoms with Crippen molar-refractivity contribution >= 4 is 5.96 Å². The van der Waals surface area contributed by atoms with Gasteiger partial charge in [-0.1, -0.05) is 0 Å². The van der Waals surface area contributed by atoms with E-state index >= 15 is 0 Å². The molecule has 0 aliphatic carbocycles. The van der Waals surface area contributed by atoms with Crippen molar-refractivity contribution in [2.45, 2.75) is 25.0 Å². The zero-order chi connectivity index (χ0) is 8.55. The second-order valence-corrected chi connectivity index (χ2v) is 3.35. The van der Waals surface area contributed by atoms with Gasteiger partial charge in [0.15, 0.2) is 0 Å². The molecule has 4 N–H and O–H groups in total. The predicted octanol–water partition coefficient (Wildman–Crippen LogP) is -0.962. The second kappa shape index (κ2) is 2.82. The molecule has 0 amide bonds. The van der Waals surface area contributed by atoms with Crippen LogP contribution in [-0.2, 0) is 4.74 Å². The Morgan fingerprint density at radius 3 is 2.42 bits per heavy atom. The topological polar surface area (TPSA) is 76.9 Å². The van der Waals surface area contributed by atoms with E-state index in [-0.39, 0.29) is 0 Å². The highest BCUT2D eigenvalue weighted by atomic mass is 16.5. The molecule has 0 radical (unpaired) electrons. The fourth-order valence-electron chi connectivity index (χ4n) is 1.88. The quantitative estimate of drug-likeness (QED) is 0.212. The van der Waals surface area contributed by atoms with Crippen LogP contribution in [0.4, 0.5) is 0 Å². The molecule has 0 aromatic carbocycles. The summed E-state index contributed by atoms with van der Waals surface area (Å²) in [7, 11) is 0. The first kappa shape index (κ1) is 7.67. The number of fused-ring (bicyclic) bond motifs is 2. The normalized spacial score (nSPS) is 35.7. The van der Waals surface area contributed by atoms with Crippen molar-refractivity contribution in [2.75, 3.05) is 13.1 Å². The predicted molar refractivity (Wildman–Crippen MR) is 45.3 cm³/mol. The van der Waals surface area contributed by atoms with Crippen LogP contribution in [0.5, 0.6) is 0 Å². The van der Waals surface area contributed by atoms with Crippen molar-refractivity contribution in [3.63, 3.8) is 0 Å². The van der Waals surface area contributed by atoms with Gasteiger partial charge < -0.3 is 21.2 Å². The molecule has 2 rings (SSSR count). The van der Waals surface area contributed by atoms with E-state index in [9.17, 15) is 0 Å². The Bertz CT molecular complexity index is 194. The largest absolute Gasteiger partial charge is 0.371 e. The first-order chi connectivity index (χ1) is 5.79. The van der Waals surface area contributed by atoms with Gasteiger partial charge in [-0.15, -0.1) is 5.10 Å². The summed E-state index contributed by atoms with van der Waals surface area (Å²) in [5.41, 5.74) is 5.60. The van der Waals surface area contributed by atoms with Crippen LogP contribution in [0.2, 0.25) is 0 Å². The smallest absolute Gasteiger partial charge is 0.213 e. The lowest BCUT2D eigenvalue weighted by Gasteiger charge is -2.32. The van der Waals surface area contributed by atoms with Crippen LogP contribution in [0.3, 0.4) is 0 Å². The van der Waals surface area contributed by atoms with E-state index in [0.29, 0.717) is 18.2 Å². The molecule has 2 aliphatic heterocycles. The summed E-state index contributed by atoms with van der Waals surface area (Å²) in [5, 5.41) is 3.47. The molecular formula is C7H14N4O. The third kappa shape index (κ3) is 1.20. The Kier molecular flexibility index (Phi) is 1.80. The molecule has 0 saturated carbocycles. The molecule has 2 bridgehead atoms. The molecule has 2 heterocycles. The third-order valence-electron chi connectivity index (χ3n) is 2.50. The van der Waals surface area contributed by atoms with Gasteiger partial charge in [-0.2, -0.15) is 0 Å². The Labute approximate surface area is 71.3 Å². The standard InChI is InChI=1S/C7H14N4O/c8-7(10-9)11-3-5-1-2-6(4-11)12-5/h5-6H,1-4,9H2,(H2,8,10). The monoisotopic (exact) mass is 170 g/mol. The fourth-order valence-corrected chi connectivity index (χ4v) is 1.88. The van der Waals surface area contributed by atoms with E-state index in [1.807, 2.05) is 4.90 Å². The van der Waals surface area contributed by atoms with E-state index in [1.54, 1.807) is 0 Å². The van der Waals surface area contributed by atoms with Crippen molar-refractivity contribution < 1.29 is 4.74 Å². The zero-order valence-corrected chi connectivity index (χ0v) is 6.94. The number of likely N-dealkylation sites (tertiary alicyclic amines) is 1. The molecule has 12 heavy (non-hydrogen) atoms. The van der Waals surface area contributed by atoms with E-state index in [0.717, 1.165) is 25.9 Å². The number of guanidine groups is 1. The lowest BCUT2D eigenvalue weighted by Crippen LogP contribution is -2.49. The van der Waals surface area contributed by atoms with Crippen LogP contribution < -0.4 is 11.6 Å². The maximum Gasteiger partial charge on any atom is 0.213 e. The summed E-state index contributed by atoms with van der Waals surface area (Å²) in [6.45, 7) is 1.67. The van der Waals surface area contributed by atoms with Crippen molar-refractivity contribution in [3.05, 3.63) is 0 Å². The summed E-state index contributed by atoms with van der Waals surface area (Å²) in [6, 6.07) is 0. The molecule has 5 heteroatoms. The van der Waals surface area contributed by atoms with Gasteiger partial charge in [0, 0.05) is 13.1 Å². The fraction of sp³-hybridized carbons (Fsp3) is 0.857. The Morgan fingerprint density at radius 2 is 1.92 bits per heavy atom. The van der Waals surface area contributed by atoms with Crippen LogP contribution in [-0.4, -0.2) is 36.2 Å². The van der Waals surface area contributed by atoms with Crippen LogP contribution in [0.1, 0.15) is 12.8 Å². The minimum atomic E-state index is 0.337. The van der Waals surface area contributed by atoms with Crippen LogP contribution >= 0.6 is 0 Å². The summed E-state index contributed by atoms with van der Waals surface area (Å²) < 4.78 is 5.63. The van der Waals surface area contributed by atoms with E-state index < -0.39 is 0 Å². The number of hydrazone groups is 1. The summed E-state index contributed by atoms with van der Waals surface area (Å²) in [6.07, 6.45) is 2.95. The van der Waals surface area contributed by atoms with E-state index in [1.165, 1.54) is 0 Å². The summed E-state index contributed by atoms with van der Waals surface area (Å²) in [5.74, 6) is 5.52. The van der Waals surface area contributed by atoms with Gasteiger partial charge in [0.25, 0.3) is 0 Å². The highest BCUT2D eigenvalue weighted by molar-refractivity contribution is 5.77. The van der Waals surface area contributed by atoms with Gasteiger partial charge in [0.2, 0.25) is 5.96 Å². The Balaban J connectivity index is 2.02. The van der Waals surface area contributed by atoms with E-state index in [2.05, 4.69) is 5.10 Å². The molecule has 0 spiro atoms. The molecule has 2 saturated heterocycles. The molecule has 0 aromatic rings. The van der Waals surface area contributed by atoms with Crippen molar-refractivity contribution in [2.24, 2.45) is 16.7 Å². The Hall–Kier alpha value is -0.970. The SMILES string of the molecule is N/N=C(\N)N1CC2CCC(C1)O2. The number of hydrogen-bond acceptors (Lipinski definition) is 3. The van der Waals surface area contributed by atoms with Gasteiger partial charge in [0.1, 0.15) is 0 Å². The van der Waals surface area contributed by atoms with Gasteiger partial charge in [-0.25, -0.2) is 0 Å². The average Bonchev–Trinajstić information content (AvgIpc) is 2.44. The van der Waals surface area contributed by atoms with Crippen molar-refractivity contribution in [1.82, 2.24) is 4.90 Å². The maximum atomic E-state index is 5.63. The molecule has 68 valence electrons. The van der Waals surface area contributed by atoms with Crippen LogP contribution in [0, 0.1) is 0 Å². The first-order valence-corrected chi connectivity index (χ1v) is 4.23. The van der Waals surface area contributed by atoms with Crippen LogP contribution in [0.15, 0.2) is 5.10 Å². The first-order valence-electron chi connectivity index (χ1n) is 4.23. The molecule has 2 unspecified atom stereocenters. The molecule has 2 fully saturated rings. The number of rotatable bonds is 0.